The fraction of sp³-hybridized carbons (Fsp3) is 0.154. The van der Waals surface area contributed by atoms with Crippen molar-refractivity contribution in [2.24, 2.45) is 5.14 Å². The second-order valence-corrected chi connectivity index (χ2v) is 5.86. The van der Waals surface area contributed by atoms with Crippen LogP contribution in [0.4, 0.5) is 5.69 Å². The largest absolute Gasteiger partial charge is 0.495 e. The number of benzene rings is 1. The predicted octanol–water partition coefficient (Wildman–Crippen LogP) is 1.50. The number of ether oxygens (including phenoxy) is 1. The van der Waals surface area contributed by atoms with Crippen molar-refractivity contribution < 1.29 is 22.4 Å². The summed E-state index contributed by atoms with van der Waals surface area (Å²) < 4.78 is 32.9. The van der Waals surface area contributed by atoms with Crippen LogP contribution in [0.5, 0.6) is 5.75 Å². The summed E-state index contributed by atoms with van der Waals surface area (Å²) >= 11 is 0. The van der Waals surface area contributed by atoms with Gasteiger partial charge in [0.25, 0.3) is 5.91 Å². The maximum atomic E-state index is 12.1. The van der Waals surface area contributed by atoms with Crippen molar-refractivity contribution in [3.05, 3.63) is 41.9 Å². The van der Waals surface area contributed by atoms with Crippen LogP contribution in [0.25, 0.3) is 0 Å². The molecule has 1 aromatic heterocycles. The standard InChI is InChI=1S/C13H14N2O5S/c1-8-5-6-20-12(8)13(16)15-10-7-9(21(14,17)18)3-4-11(10)19-2/h3-7H,1-2H3,(H,15,16)(H2,14,17,18). The summed E-state index contributed by atoms with van der Waals surface area (Å²) in [4.78, 5) is 12.0. The Balaban J connectivity index is 2.38. The van der Waals surface area contributed by atoms with Gasteiger partial charge >= 0.3 is 0 Å². The zero-order chi connectivity index (χ0) is 15.6. The maximum absolute atomic E-state index is 12.1. The normalized spacial score (nSPS) is 11.2. The monoisotopic (exact) mass is 310 g/mol. The number of anilines is 1. The second kappa shape index (κ2) is 5.58. The molecule has 0 radical (unpaired) electrons. The highest BCUT2D eigenvalue weighted by Crippen LogP contribution is 2.27. The van der Waals surface area contributed by atoms with Crippen molar-refractivity contribution in [2.45, 2.75) is 11.8 Å². The van der Waals surface area contributed by atoms with E-state index in [1.807, 2.05) is 0 Å². The highest BCUT2D eigenvalue weighted by atomic mass is 32.2. The minimum absolute atomic E-state index is 0.130. The van der Waals surface area contributed by atoms with Crippen LogP contribution in [0.15, 0.2) is 39.8 Å². The van der Waals surface area contributed by atoms with E-state index in [9.17, 15) is 13.2 Å². The van der Waals surface area contributed by atoms with Crippen LogP contribution in [0.3, 0.4) is 0 Å². The lowest BCUT2D eigenvalue weighted by atomic mass is 10.2. The van der Waals surface area contributed by atoms with Crippen LogP contribution in [0.2, 0.25) is 0 Å². The number of amides is 1. The van der Waals surface area contributed by atoms with Gasteiger partial charge in [-0.05, 0) is 31.2 Å². The average molecular weight is 310 g/mol. The lowest BCUT2D eigenvalue weighted by molar-refractivity contribution is 0.0995. The molecule has 0 fully saturated rings. The molecule has 0 aliphatic heterocycles. The highest BCUT2D eigenvalue weighted by molar-refractivity contribution is 7.89. The summed E-state index contributed by atoms with van der Waals surface area (Å²) in [6, 6.07) is 5.57. The first-order chi connectivity index (χ1) is 9.82. The molecule has 2 rings (SSSR count). The minimum Gasteiger partial charge on any atom is -0.495 e. The summed E-state index contributed by atoms with van der Waals surface area (Å²) in [6.45, 7) is 1.72. The van der Waals surface area contributed by atoms with Crippen LogP contribution in [0, 0.1) is 6.92 Å². The maximum Gasteiger partial charge on any atom is 0.291 e. The second-order valence-electron chi connectivity index (χ2n) is 4.29. The van der Waals surface area contributed by atoms with Gasteiger partial charge in [-0.15, -0.1) is 0 Å². The molecule has 1 amide bonds. The molecule has 7 nitrogen and oxygen atoms in total. The Kier molecular flexibility index (Phi) is 4.01. The molecule has 0 aliphatic rings. The summed E-state index contributed by atoms with van der Waals surface area (Å²) in [6.07, 6.45) is 1.39. The van der Waals surface area contributed by atoms with Gasteiger partial charge in [-0.25, -0.2) is 13.6 Å². The van der Waals surface area contributed by atoms with Crippen LogP contribution >= 0.6 is 0 Å². The minimum atomic E-state index is -3.88. The average Bonchev–Trinajstić information content (AvgIpc) is 2.84. The molecular formula is C13H14N2O5S. The molecule has 1 heterocycles. The number of furan rings is 1. The van der Waals surface area contributed by atoms with E-state index in [-0.39, 0.29) is 16.3 Å². The molecular weight excluding hydrogens is 296 g/mol. The molecule has 0 saturated carbocycles. The highest BCUT2D eigenvalue weighted by Gasteiger charge is 2.17. The summed E-state index contributed by atoms with van der Waals surface area (Å²) in [5.41, 5.74) is 0.846. The SMILES string of the molecule is COc1ccc(S(N)(=O)=O)cc1NC(=O)c1occc1C. The molecule has 0 spiro atoms. The van der Waals surface area contributed by atoms with Crippen LogP contribution in [-0.2, 0) is 10.0 Å². The van der Waals surface area contributed by atoms with E-state index in [0.29, 0.717) is 11.3 Å². The topological polar surface area (TPSA) is 112 Å². The Labute approximate surface area is 121 Å². The molecule has 0 atom stereocenters. The Bertz CT molecular complexity index is 780. The number of methoxy groups -OCH3 is 1. The van der Waals surface area contributed by atoms with Crippen molar-refractivity contribution in [1.29, 1.82) is 0 Å². The van der Waals surface area contributed by atoms with Crippen molar-refractivity contribution in [3.63, 3.8) is 0 Å². The third-order valence-electron chi connectivity index (χ3n) is 2.82. The summed E-state index contributed by atoms with van der Waals surface area (Å²) in [7, 11) is -2.48. The Morgan fingerprint density at radius 1 is 1.33 bits per heavy atom. The van der Waals surface area contributed by atoms with Crippen molar-refractivity contribution >= 4 is 21.6 Å². The fourth-order valence-corrected chi connectivity index (χ4v) is 2.29. The van der Waals surface area contributed by atoms with Gasteiger partial charge in [0.05, 0.1) is 24.0 Å². The van der Waals surface area contributed by atoms with Gasteiger partial charge in [0.1, 0.15) is 5.75 Å². The zero-order valence-corrected chi connectivity index (χ0v) is 12.2. The first-order valence-corrected chi connectivity index (χ1v) is 7.44. The third kappa shape index (κ3) is 3.23. The fourth-order valence-electron chi connectivity index (χ4n) is 1.75. The number of nitrogens with one attached hydrogen (secondary N) is 1. The molecule has 0 unspecified atom stereocenters. The Hall–Kier alpha value is -2.32. The van der Waals surface area contributed by atoms with Crippen LogP contribution in [-0.4, -0.2) is 21.4 Å². The van der Waals surface area contributed by atoms with E-state index in [4.69, 9.17) is 14.3 Å². The van der Waals surface area contributed by atoms with Gasteiger partial charge in [0, 0.05) is 5.56 Å². The molecule has 0 aliphatic carbocycles. The van der Waals surface area contributed by atoms with Crippen molar-refractivity contribution in [2.75, 3.05) is 12.4 Å². The number of aryl methyl sites for hydroxylation is 1. The molecule has 0 bridgehead atoms. The number of hydrogen-bond acceptors (Lipinski definition) is 5. The van der Waals surface area contributed by atoms with E-state index < -0.39 is 15.9 Å². The quantitative estimate of drug-likeness (QED) is 0.888. The van der Waals surface area contributed by atoms with Gasteiger partial charge in [-0.3, -0.25) is 4.79 Å². The van der Waals surface area contributed by atoms with E-state index in [2.05, 4.69) is 5.32 Å². The summed E-state index contributed by atoms with van der Waals surface area (Å²) in [5, 5.41) is 7.61. The molecule has 112 valence electrons. The lowest BCUT2D eigenvalue weighted by Gasteiger charge is -2.11. The van der Waals surface area contributed by atoms with Gasteiger partial charge in [-0.2, -0.15) is 0 Å². The molecule has 0 saturated heterocycles. The first kappa shape index (κ1) is 15.1. The van der Waals surface area contributed by atoms with Crippen LogP contribution < -0.4 is 15.2 Å². The van der Waals surface area contributed by atoms with E-state index in [1.165, 1.54) is 31.6 Å². The van der Waals surface area contributed by atoms with Crippen LogP contribution in [0.1, 0.15) is 16.1 Å². The third-order valence-corrected chi connectivity index (χ3v) is 3.73. The van der Waals surface area contributed by atoms with E-state index >= 15 is 0 Å². The number of rotatable bonds is 4. The number of carbonyl (C=O) groups excluding carboxylic acids is 1. The van der Waals surface area contributed by atoms with Gasteiger partial charge in [0.15, 0.2) is 5.76 Å². The molecule has 2 aromatic rings. The molecule has 21 heavy (non-hydrogen) atoms. The lowest BCUT2D eigenvalue weighted by Crippen LogP contribution is -2.15. The van der Waals surface area contributed by atoms with Gasteiger partial charge in [-0.1, -0.05) is 0 Å². The number of hydrogen-bond donors (Lipinski definition) is 2. The van der Waals surface area contributed by atoms with Crippen molar-refractivity contribution in [3.8, 4) is 5.75 Å². The van der Waals surface area contributed by atoms with E-state index in [0.717, 1.165) is 0 Å². The number of nitrogens with two attached hydrogens (primary N) is 1. The molecule has 1 aromatic carbocycles. The van der Waals surface area contributed by atoms with Gasteiger partial charge in [0.2, 0.25) is 10.0 Å². The molecule has 8 heteroatoms. The zero-order valence-electron chi connectivity index (χ0n) is 11.4. The summed E-state index contributed by atoms with van der Waals surface area (Å²) in [5.74, 6) is -0.0691. The number of sulfonamides is 1. The Morgan fingerprint density at radius 3 is 2.57 bits per heavy atom. The van der Waals surface area contributed by atoms with Crippen molar-refractivity contribution in [1.82, 2.24) is 0 Å². The predicted molar refractivity (Wildman–Crippen MR) is 75.8 cm³/mol. The Morgan fingerprint density at radius 2 is 2.05 bits per heavy atom. The van der Waals surface area contributed by atoms with Gasteiger partial charge < -0.3 is 14.5 Å². The smallest absolute Gasteiger partial charge is 0.291 e. The molecule has 3 N–H and O–H groups in total. The first-order valence-electron chi connectivity index (χ1n) is 5.89. The number of carbonyl (C=O) groups is 1. The van der Waals surface area contributed by atoms with E-state index in [1.54, 1.807) is 13.0 Å². The number of primary sulfonamides is 1.